The molecule has 0 atom stereocenters. The number of ether oxygens (including phenoxy) is 2. The molecule has 27 heavy (non-hydrogen) atoms. The van der Waals surface area contributed by atoms with E-state index in [-0.39, 0.29) is 5.57 Å². The number of nitrogens with zero attached hydrogens (tertiary/aromatic N) is 1. The highest BCUT2D eigenvalue weighted by Crippen LogP contribution is 2.34. The molecule has 1 N–H and O–H groups in total. The fourth-order valence-electron chi connectivity index (χ4n) is 2.66. The van der Waals surface area contributed by atoms with Gasteiger partial charge in [0.1, 0.15) is 5.57 Å². The van der Waals surface area contributed by atoms with Crippen LogP contribution in [0.3, 0.4) is 0 Å². The van der Waals surface area contributed by atoms with E-state index in [9.17, 15) is 14.4 Å². The number of imide groups is 2. The summed E-state index contributed by atoms with van der Waals surface area (Å²) in [6, 6.07) is 11.0. The summed E-state index contributed by atoms with van der Waals surface area (Å²) in [6.07, 6.45) is 1.42. The van der Waals surface area contributed by atoms with E-state index in [2.05, 4.69) is 27.9 Å². The highest BCUT2D eigenvalue weighted by atomic mass is 127. The number of rotatable bonds is 4. The lowest BCUT2D eigenvalue weighted by Crippen LogP contribution is -2.54. The van der Waals surface area contributed by atoms with E-state index in [1.807, 2.05) is 0 Å². The Morgan fingerprint density at radius 2 is 1.74 bits per heavy atom. The van der Waals surface area contributed by atoms with Gasteiger partial charge in [0.15, 0.2) is 11.5 Å². The topological polar surface area (TPSA) is 84.9 Å². The quantitative estimate of drug-likeness (QED) is 0.415. The van der Waals surface area contributed by atoms with Gasteiger partial charge in [0.2, 0.25) is 0 Å². The molecular formula is C19H15IN2O5. The summed E-state index contributed by atoms with van der Waals surface area (Å²) in [4.78, 5) is 38.2. The summed E-state index contributed by atoms with van der Waals surface area (Å²) >= 11 is 2.07. The molecule has 1 fully saturated rings. The Bertz CT molecular complexity index is 956. The Kier molecular flexibility index (Phi) is 5.45. The van der Waals surface area contributed by atoms with Crippen molar-refractivity contribution < 1.29 is 23.9 Å². The molecule has 0 saturated carbocycles. The minimum atomic E-state index is -0.782. The minimum absolute atomic E-state index is 0.151. The molecule has 0 aromatic heterocycles. The Labute approximate surface area is 169 Å². The number of carbonyl (C=O) groups is 3. The second-order valence-corrected chi connectivity index (χ2v) is 6.69. The van der Waals surface area contributed by atoms with Crippen molar-refractivity contribution in [3.8, 4) is 11.5 Å². The average molecular weight is 478 g/mol. The summed E-state index contributed by atoms with van der Waals surface area (Å²) in [6.45, 7) is 0. The number of nitrogens with one attached hydrogen (secondary N) is 1. The largest absolute Gasteiger partial charge is 0.493 e. The van der Waals surface area contributed by atoms with Gasteiger partial charge in [0.25, 0.3) is 11.8 Å². The number of hydrogen-bond donors (Lipinski definition) is 1. The van der Waals surface area contributed by atoms with Crippen LogP contribution in [-0.4, -0.2) is 32.1 Å². The maximum Gasteiger partial charge on any atom is 0.335 e. The molecule has 7 nitrogen and oxygen atoms in total. The van der Waals surface area contributed by atoms with E-state index >= 15 is 0 Å². The number of para-hydroxylation sites is 1. The first kappa shape index (κ1) is 18.9. The summed E-state index contributed by atoms with van der Waals surface area (Å²) in [5.74, 6) is -0.418. The highest BCUT2D eigenvalue weighted by Gasteiger charge is 2.36. The first-order valence-corrected chi connectivity index (χ1v) is 8.92. The molecule has 1 aliphatic rings. The smallest absolute Gasteiger partial charge is 0.335 e. The Balaban J connectivity index is 2.05. The number of anilines is 1. The van der Waals surface area contributed by atoms with Crippen LogP contribution in [0.25, 0.3) is 6.08 Å². The first-order chi connectivity index (χ1) is 13.0. The second kappa shape index (κ2) is 7.78. The highest BCUT2D eigenvalue weighted by molar-refractivity contribution is 14.1. The molecular weight excluding hydrogens is 463 g/mol. The number of hydrogen-bond acceptors (Lipinski definition) is 5. The van der Waals surface area contributed by atoms with Gasteiger partial charge in [-0.1, -0.05) is 18.2 Å². The molecule has 0 radical (unpaired) electrons. The minimum Gasteiger partial charge on any atom is -0.493 e. The zero-order valence-corrected chi connectivity index (χ0v) is 16.6. The molecule has 1 aliphatic heterocycles. The van der Waals surface area contributed by atoms with Gasteiger partial charge in [0, 0.05) is 0 Å². The van der Waals surface area contributed by atoms with Crippen molar-refractivity contribution in [2.45, 2.75) is 0 Å². The van der Waals surface area contributed by atoms with E-state index < -0.39 is 17.8 Å². The molecule has 0 spiro atoms. The van der Waals surface area contributed by atoms with Crippen molar-refractivity contribution in [3.63, 3.8) is 0 Å². The van der Waals surface area contributed by atoms with Crippen molar-refractivity contribution in [3.05, 3.63) is 57.2 Å². The number of barbiturate groups is 1. The molecule has 0 unspecified atom stereocenters. The summed E-state index contributed by atoms with van der Waals surface area (Å²) < 4.78 is 11.3. The number of halogens is 1. The number of methoxy groups -OCH3 is 2. The van der Waals surface area contributed by atoms with E-state index in [0.29, 0.717) is 22.7 Å². The third-order valence-electron chi connectivity index (χ3n) is 3.88. The monoisotopic (exact) mass is 478 g/mol. The summed E-state index contributed by atoms with van der Waals surface area (Å²) in [5, 5.41) is 2.20. The van der Waals surface area contributed by atoms with Crippen molar-refractivity contribution in [2.75, 3.05) is 19.1 Å². The van der Waals surface area contributed by atoms with Crippen LogP contribution in [0, 0.1) is 3.57 Å². The van der Waals surface area contributed by atoms with Gasteiger partial charge in [0.05, 0.1) is 23.5 Å². The SMILES string of the molecule is COc1cc(/C=C2\C(=O)NC(=O)N(c3ccccc3)C2=O)cc(I)c1OC. The maximum atomic E-state index is 12.8. The van der Waals surface area contributed by atoms with E-state index in [1.165, 1.54) is 20.3 Å². The molecule has 3 rings (SSSR count). The van der Waals surface area contributed by atoms with Gasteiger partial charge < -0.3 is 9.47 Å². The van der Waals surface area contributed by atoms with Crippen LogP contribution in [0.2, 0.25) is 0 Å². The lowest BCUT2D eigenvalue weighted by molar-refractivity contribution is -0.122. The zero-order chi connectivity index (χ0) is 19.6. The predicted molar refractivity (Wildman–Crippen MR) is 108 cm³/mol. The second-order valence-electron chi connectivity index (χ2n) is 5.53. The predicted octanol–water partition coefficient (Wildman–Crippen LogP) is 2.97. The Hall–Kier alpha value is -2.88. The molecule has 2 aromatic carbocycles. The molecule has 1 heterocycles. The van der Waals surface area contributed by atoms with Crippen LogP contribution < -0.4 is 19.7 Å². The molecule has 2 aromatic rings. The molecule has 4 amide bonds. The summed E-state index contributed by atoms with van der Waals surface area (Å²) in [5.41, 5.74) is 0.791. The number of amides is 4. The fourth-order valence-corrected chi connectivity index (χ4v) is 3.50. The van der Waals surface area contributed by atoms with Crippen LogP contribution >= 0.6 is 22.6 Å². The number of urea groups is 1. The van der Waals surface area contributed by atoms with Gasteiger partial charge in [-0.2, -0.15) is 0 Å². The summed E-state index contributed by atoms with van der Waals surface area (Å²) in [7, 11) is 3.03. The van der Waals surface area contributed by atoms with Crippen LogP contribution in [0.1, 0.15) is 5.56 Å². The lowest BCUT2D eigenvalue weighted by Gasteiger charge is -2.26. The van der Waals surface area contributed by atoms with Crippen LogP contribution in [0.15, 0.2) is 48.0 Å². The number of benzene rings is 2. The molecule has 1 saturated heterocycles. The van der Waals surface area contributed by atoms with Gasteiger partial charge in [-0.15, -0.1) is 0 Å². The standard InChI is InChI=1S/C19H15IN2O5/c1-26-15-10-11(9-14(20)16(15)27-2)8-13-17(23)21-19(25)22(18(13)24)12-6-4-3-5-7-12/h3-10H,1-2H3,(H,21,23,25)/b13-8+. The fraction of sp³-hybridized carbons (Fsp3) is 0.105. The third-order valence-corrected chi connectivity index (χ3v) is 4.68. The molecule has 0 aliphatic carbocycles. The average Bonchev–Trinajstić information content (AvgIpc) is 2.65. The van der Waals surface area contributed by atoms with Crippen molar-refractivity contribution >= 4 is 52.2 Å². The lowest BCUT2D eigenvalue weighted by atomic mass is 10.1. The van der Waals surface area contributed by atoms with Crippen molar-refractivity contribution in [1.29, 1.82) is 0 Å². The zero-order valence-electron chi connectivity index (χ0n) is 14.5. The van der Waals surface area contributed by atoms with Gasteiger partial charge in [-0.05, 0) is 58.5 Å². The van der Waals surface area contributed by atoms with Crippen LogP contribution in [-0.2, 0) is 9.59 Å². The Morgan fingerprint density at radius 3 is 2.37 bits per heavy atom. The van der Waals surface area contributed by atoms with E-state index in [1.54, 1.807) is 42.5 Å². The van der Waals surface area contributed by atoms with Crippen LogP contribution in [0.5, 0.6) is 11.5 Å². The molecule has 0 bridgehead atoms. The maximum absolute atomic E-state index is 12.8. The van der Waals surface area contributed by atoms with Gasteiger partial charge in [-0.25, -0.2) is 9.69 Å². The first-order valence-electron chi connectivity index (χ1n) is 7.84. The van der Waals surface area contributed by atoms with Gasteiger partial charge in [-0.3, -0.25) is 14.9 Å². The normalized spacial score (nSPS) is 15.7. The van der Waals surface area contributed by atoms with E-state index in [4.69, 9.17) is 9.47 Å². The van der Waals surface area contributed by atoms with Crippen molar-refractivity contribution in [2.24, 2.45) is 0 Å². The third kappa shape index (κ3) is 3.65. The van der Waals surface area contributed by atoms with Crippen molar-refractivity contribution in [1.82, 2.24) is 5.32 Å². The Morgan fingerprint density at radius 1 is 1.04 bits per heavy atom. The molecule has 138 valence electrons. The molecule has 8 heteroatoms. The number of carbonyl (C=O) groups excluding carboxylic acids is 3. The van der Waals surface area contributed by atoms with Gasteiger partial charge >= 0.3 is 6.03 Å². The van der Waals surface area contributed by atoms with Crippen LogP contribution in [0.4, 0.5) is 10.5 Å². The van der Waals surface area contributed by atoms with E-state index in [0.717, 1.165) is 8.47 Å².